The molecule has 1 amide bonds. The Bertz CT molecular complexity index is 714. The quantitative estimate of drug-likeness (QED) is 0.859. The summed E-state index contributed by atoms with van der Waals surface area (Å²) < 4.78 is 24.4. The molecule has 25 heavy (non-hydrogen) atoms. The van der Waals surface area contributed by atoms with Crippen molar-refractivity contribution in [1.29, 1.82) is 0 Å². The molecule has 2 bridgehead atoms. The Balaban J connectivity index is 1.72. The second-order valence-corrected chi connectivity index (χ2v) is 10.3. The van der Waals surface area contributed by atoms with Gasteiger partial charge in [0, 0.05) is 17.6 Å². The second kappa shape index (κ2) is 7.08. The fraction of sp³-hybridized carbons (Fsp3) is 0.632. The first-order valence-electron chi connectivity index (χ1n) is 9.19. The molecular weight excluding hydrogens is 336 g/mol. The zero-order chi connectivity index (χ0) is 18.2. The average molecular weight is 365 g/mol. The van der Waals surface area contributed by atoms with Crippen molar-refractivity contribution in [1.82, 2.24) is 5.32 Å². The number of rotatable bonds is 4. The number of carbonyl (C=O) groups excluding carboxylic acids is 1. The number of nitrogens with two attached hydrogens (primary N) is 1. The monoisotopic (exact) mass is 364 g/mol. The molecule has 1 aromatic rings. The molecule has 2 unspecified atom stereocenters. The fourth-order valence-electron chi connectivity index (χ4n) is 4.33. The third-order valence-electron chi connectivity index (χ3n) is 5.74. The van der Waals surface area contributed by atoms with Crippen LogP contribution in [0.3, 0.4) is 0 Å². The SMILES string of the molecule is CC(C)S(=O)(=O)c1ccc(C(=O)NC2C3CCCC2CC(N)C3)cc1. The minimum atomic E-state index is -3.31. The fourth-order valence-corrected chi connectivity index (χ4v) is 5.39. The van der Waals surface area contributed by atoms with Gasteiger partial charge in [0.1, 0.15) is 0 Å². The summed E-state index contributed by atoms with van der Waals surface area (Å²) in [7, 11) is -3.31. The molecule has 0 radical (unpaired) electrons. The number of sulfone groups is 1. The van der Waals surface area contributed by atoms with Gasteiger partial charge in [0.15, 0.2) is 9.84 Å². The van der Waals surface area contributed by atoms with Gasteiger partial charge in [0.25, 0.3) is 5.91 Å². The first-order chi connectivity index (χ1) is 11.8. The molecule has 2 aliphatic carbocycles. The third kappa shape index (κ3) is 3.75. The predicted molar refractivity (Wildman–Crippen MR) is 98.1 cm³/mol. The van der Waals surface area contributed by atoms with E-state index in [1.165, 1.54) is 18.6 Å². The van der Waals surface area contributed by atoms with Crippen molar-refractivity contribution < 1.29 is 13.2 Å². The summed E-state index contributed by atoms with van der Waals surface area (Å²) in [5.74, 6) is 0.810. The summed E-state index contributed by atoms with van der Waals surface area (Å²) in [5.41, 5.74) is 6.65. The summed E-state index contributed by atoms with van der Waals surface area (Å²) in [6.07, 6.45) is 5.43. The minimum absolute atomic E-state index is 0.120. The van der Waals surface area contributed by atoms with Crippen molar-refractivity contribution in [2.45, 2.75) is 68.2 Å². The van der Waals surface area contributed by atoms with E-state index in [-0.39, 0.29) is 22.9 Å². The third-order valence-corrected chi connectivity index (χ3v) is 7.91. The van der Waals surface area contributed by atoms with E-state index in [2.05, 4.69) is 5.32 Å². The maximum absolute atomic E-state index is 12.6. The van der Waals surface area contributed by atoms with Crippen molar-refractivity contribution in [3.63, 3.8) is 0 Å². The Hall–Kier alpha value is -1.40. The van der Waals surface area contributed by atoms with Gasteiger partial charge in [0.2, 0.25) is 0 Å². The Kier molecular flexibility index (Phi) is 5.21. The number of hydrogen-bond donors (Lipinski definition) is 2. The number of fused-ring (bicyclic) bond motifs is 2. The van der Waals surface area contributed by atoms with Gasteiger partial charge in [-0.05, 0) is 75.6 Å². The summed E-state index contributed by atoms with van der Waals surface area (Å²) in [6, 6.07) is 6.72. The van der Waals surface area contributed by atoms with Crippen LogP contribution in [0.25, 0.3) is 0 Å². The summed E-state index contributed by atoms with van der Waals surface area (Å²) in [5, 5.41) is 2.72. The molecule has 0 spiro atoms. The van der Waals surface area contributed by atoms with Gasteiger partial charge in [0.05, 0.1) is 10.1 Å². The van der Waals surface area contributed by atoms with E-state index < -0.39 is 15.1 Å². The number of nitrogens with one attached hydrogen (secondary N) is 1. The summed E-state index contributed by atoms with van der Waals surface area (Å²) in [4.78, 5) is 12.9. The molecule has 5 nitrogen and oxygen atoms in total. The highest BCUT2D eigenvalue weighted by Crippen LogP contribution is 2.39. The van der Waals surface area contributed by atoms with Crippen LogP contribution in [-0.2, 0) is 9.84 Å². The van der Waals surface area contributed by atoms with E-state index >= 15 is 0 Å². The molecule has 0 heterocycles. The molecule has 3 N–H and O–H groups in total. The van der Waals surface area contributed by atoms with Gasteiger partial charge in [-0.3, -0.25) is 4.79 Å². The smallest absolute Gasteiger partial charge is 0.251 e. The lowest BCUT2D eigenvalue weighted by Crippen LogP contribution is -2.53. The van der Waals surface area contributed by atoms with E-state index in [0.717, 1.165) is 25.7 Å². The zero-order valence-electron chi connectivity index (χ0n) is 14.9. The number of carbonyl (C=O) groups is 1. The molecule has 2 aliphatic rings. The topological polar surface area (TPSA) is 89.3 Å². The lowest BCUT2D eigenvalue weighted by atomic mass is 9.67. The van der Waals surface area contributed by atoms with Crippen molar-refractivity contribution in [2.75, 3.05) is 0 Å². The van der Waals surface area contributed by atoms with Crippen molar-refractivity contribution in [3.8, 4) is 0 Å². The minimum Gasteiger partial charge on any atom is -0.349 e. The molecular formula is C19H28N2O3S. The van der Waals surface area contributed by atoms with Crippen LogP contribution in [0.15, 0.2) is 29.2 Å². The maximum Gasteiger partial charge on any atom is 0.251 e. The largest absolute Gasteiger partial charge is 0.349 e. The molecule has 2 atom stereocenters. The first-order valence-corrected chi connectivity index (χ1v) is 10.7. The molecule has 3 rings (SSSR count). The predicted octanol–water partition coefficient (Wildman–Crippen LogP) is 2.50. The van der Waals surface area contributed by atoms with Gasteiger partial charge in [-0.25, -0.2) is 8.42 Å². The van der Waals surface area contributed by atoms with Crippen LogP contribution in [-0.4, -0.2) is 31.7 Å². The van der Waals surface area contributed by atoms with E-state index in [9.17, 15) is 13.2 Å². The van der Waals surface area contributed by atoms with Crippen molar-refractivity contribution in [3.05, 3.63) is 29.8 Å². The second-order valence-electron chi connectivity index (χ2n) is 7.80. The normalized spacial score (nSPS) is 29.4. The van der Waals surface area contributed by atoms with Crippen molar-refractivity contribution in [2.24, 2.45) is 17.6 Å². The molecule has 1 aromatic carbocycles. The lowest BCUT2D eigenvalue weighted by molar-refractivity contribution is 0.0756. The van der Waals surface area contributed by atoms with E-state index in [1.54, 1.807) is 26.0 Å². The average Bonchev–Trinajstić information content (AvgIpc) is 2.55. The zero-order valence-corrected chi connectivity index (χ0v) is 15.8. The van der Waals surface area contributed by atoms with Gasteiger partial charge in [-0.15, -0.1) is 0 Å². The first kappa shape index (κ1) is 18.4. The lowest BCUT2D eigenvalue weighted by Gasteiger charge is -2.45. The van der Waals surface area contributed by atoms with Crippen LogP contribution in [0.4, 0.5) is 0 Å². The van der Waals surface area contributed by atoms with E-state index in [0.29, 0.717) is 17.4 Å². The highest BCUT2D eigenvalue weighted by molar-refractivity contribution is 7.92. The maximum atomic E-state index is 12.6. The van der Waals surface area contributed by atoms with Gasteiger partial charge < -0.3 is 11.1 Å². The molecule has 0 aromatic heterocycles. The molecule has 6 heteroatoms. The number of amides is 1. The highest BCUT2D eigenvalue weighted by atomic mass is 32.2. The molecule has 0 saturated heterocycles. The Morgan fingerprint density at radius 3 is 2.20 bits per heavy atom. The van der Waals surface area contributed by atoms with Gasteiger partial charge in [-0.1, -0.05) is 6.42 Å². The summed E-state index contributed by atoms with van der Waals surface area (Å²) >= 11 is 0. The van der Waals surface area contributed by atoms with Gasteiger partial charge in [-0.2, -0.15) is 0 Å². The van der Waals surface area contributed by atoms with Crippen LogP contribution < -0.4 is 11.1 Å². The van der Waals surface area contributed by atoms with Crippen LogP contribution in [0.1, 0.15) is 56.3 Å². The van der Waals surface area contributed by atoms with Crippen LogP contribution in [0.5, 0.6) is 0 Å². The number of hydrogen-bond acceptors (Lipinski definition) is 4. The van der Waals surface area contributed by atoms with Crippen LogP contribution in [0, 0.1) is 11.8 Å². The van der Waals surface area contributed by atoms with Crippen molar-refractivity contribution >= 4 is 15.7 Å². The molecule has 0 aliphatic heterocycles. The van der Waals surface area contributed by atoms with E-state index in [1.807, 2.05) is 0 Å². The molecule has 138 valence electrons. The number of benzene rings is 1. The molecule has 2 fully saturated rings. The van der Waals surface area contributed by atoms with Crippen LogP contribution in [0.2, 0.25) is 0 Å². The highest BCUT2D eigenvalue weighted by Gasteiger charge is 2.39. The summed E-state index contributed by atoms with van der Waals surface area (Å²) in [6.45, 7) is 3.31. The van der Waals surface area contributed by atoms with Gasteiger partial charge >= 0.3 is 0 Å². The Morgan fingerprint density at radius 2 is 1.68 bits per heavy atom. The standard InChI is InChI=1S/C19H28N2O3S/c1-12(2)25(23,24)17-8-6-13(7-9-17)19(22)21-18-14-4-3-5-15(18)11-16(20)10-14/h6-9,12,14-16,18H,3-5,10-11,20H2,1-2H3,(H,21,22). The Labute approximate surface area is 150 Å². The van der Waals surface area contributed by atoms with Crippen LogP contribution >= 0.6 is 0 Å². The Morgan fingerprint density at radius 1 is 1.12 bits per heavy atom. The molecule has 2 saturated carbocycles. The van der Waals surface area contributed by atoms with E-state index in [4.69, 9.17) is 5.73 Å².